The fourth-order valence-corrected chi connectivity index (χ4v) is 7.63. The molecule has 1 aliphatic heterocycles. The summed E-state index contributed by atoms with van der Waals surface area (Å²) in [6.45, 7) is 12.1. The van der Waals surface area contributed by atoms with Crippen LogP contribution in [0.4, 0.5) is 10.5 Å². The third kappa shape index (κ3) is 6.80. The molecule has 0 aromatic heterocycles. The molecule has 3 aromatic rings. The number of hydrogen-bond donors (Lipinski definition) is 0. The van der Waals surface area contributed by atoms with Crippen LogP contribution in [0.25, 0.3) is 0 Å². The van der Waals surface area contributed by atoms with Crippen molar-refractivity contribution in [3.8, 4) is 11.5 Å². The number of methoxy groups -OCH3 is 2. The van der Waals surface area contributed by atoms with Crippen LogP contribution < -0.4 is 14.4 Å². The van der Waals surface area contributed by atoms with Gasteiger partial charge in [0.1, 0.15) is 11.5 Å². The molecule has 0 N–H and O–H groups in total. The minimum absolute atomic E-state index is 0.0105. The first-order chi connectivity index (χ1) is 21.0. The number of urea groups is 1. The molecule has 1 aliphatic carbocycles. The highest BCUT2D eigenvalue weighted by atomic mass is 35.5. The van der Waals surface area contributed by atoms with Crippen molar-refractivity contribution in [2.45, 2.75) is 84.3 Å². The van der Waals surface area contributed by atoms with Gasteiger partial charge in [0.2, 0.25) is 9.04 Å². The van der Waals surface area contributed by atoms with E-state index < -0.39 is 14.6 Å². The van der Waals surface area contributed by atoms with Crippen LogP contribution in [-0.4, -0.2) is 40.3 Å². The first-order valence-corrected chi connectivity index (χ1v) is 18.4. The van der Waals surface area contributed by atoms with Gasteiger partial charge in [-0.15, -0.1) is 0 Å². The number of fused-ring (bicyclic) bond motifs is 1. The predicted octanol–water partition coefficient (Wildman–Crippen LogP) is 9.07. The summed E-state index contributed by atoms with van der Waals surface area (Å²) in [5.41, 5.74) is 3.55. The molecular weight excluding hydrogens is 588 g/mol. The van der Waals surface area contributed by atoms with Gasteiger partial charge in [0.15, 0.2) is 0 Å². The zero-order valence-corrected chi connectivity index (χ0v) is 28.9. The molecule has 1 saturated carbocycles. The number of amides is 2. The molecule has 0 bridgehead atoms. The molecule has 3 aromatic carbocycles. The smallest absolute Gasteiger partial charge is 0.325 e. The molecule has 6 nitrogen and oxygen atoms in total. The van der Waals surface area contributed by atoms with E-state index in [0.29, 0.717) is 18.1 Å². The van der Waals surface area contributed by atoms with Crippen LogP contribution in [0, 0.1) is 11.3 Å². The van der Waals surface area contributed by atoms with Crippen molar-refractivity contribution in [2.75, 3.05) is 19.1 Å². The van der Waals surface area contributed by atoms with Crippen LogP contribution in [0.1, 0.15) is 63.1 Å². The molecule has 235 valence electrons. The molecule has 8 heteroatoms. The second-order valence-corrected chi connectivity index (χ2v) is 16.0. The number of benzene rings is 3. The number of nitrogens with zero attached hydrogens (tertiary/aromatic N) is 2. The fourth-order valence-electron chi connectivity index (χ4n) is 6.59. The Morgan fingerprint density at radius 3 is 1.98 bits per heavy atom. The van der Waals surface area contributed by atoms with E-state index in [-0.39, 0.29) is 23.5 Å². The highest BCUT2D eigenvalue weighted by molar-refractivity contribution is 6.48. The summed E-state index contributed by atoms with van der Waals surface area (Å²) >= 11 is 6.82. The summed E-state index contributed by atoms with van der Waals surface area (Å²) in [6.07, 6.45) is 3.76. The van der Waals surface area contributed by atoms with E-state index in [2.05, 4.69) is 57.0 Å². The quantitative estimate of drug-likeness (QED) is 0.187. The van der Waals surface area contributed by atoms with E-state index in [4.69, 9.17) is 25.5 Å². The molecule has 44 heavy (non-hydrogen) atoms. The van der Waals surface area contributed by atoms with Crippen molar-refractivity contribution in [3.63, 3.8) is 0 Å². The lowest BCUT2D eigenvalue weighted by molar-refractivity contribution is -0.0317. The maximum absolute atomic E-state index is 15.1. The molecular formula is C36H46ClN2O4Si. The van der Waals surface area contributed by atoms with Gasteiger partial charge in [-0.3, -0.25) is 4.90 Å². The van der Waals surface area contributed by atoms with Crippen LogP contribution in [0.2, 0.25) is 18.1 Å². The van der Waals surface area contributed by atoms with Crippen molar-refractivity contribution < 1.29 is 18.7 Å². The maximum Gasteiger partial charge on any atom is 0.325 e. The summed E-state index contributed by atoms with van der Waals surface area (Å²) in [7, 11) is 2.23. The van der Waals surface area contributed by atoms with Gasteiger partial charge < -0.3 is 18.8 Å². The lowest BCUT2D eigenvalue weighted by Gasteiger charge is -2.55. The summed E-state index contributed by atoms with van der Waals surface area (Å²) in [6, 6.07) is 22.0. The normalized spacial score (nSPS) is 19.2. The summed E-state index contributed by atoms with van der Waals surface area (Å²) in [5.74, 6) is 1.85. The van der Waals surface area contributed by atoms with Gasteiger partial charge in [0.05, 0.1) is 38.1 Å². The van der Waals surface area contributed by atoms with Gasteiger partial charge in [0.25, 0.3) is 0 Å². The van der Waals surface area contributed by atoms with E-state index in [9.17, 15) is 0 Å². The number of carbonyl (C=O) groups is 1. The van der Waals surface area contributed by atoms with Gasteiger partial charge in [-0.05, 0) is 104 Å². The topological polar surface area (TPSA) is 51.2 Å². The van der Waals surface area contributed by atoms with Crippen molar-refractivity contribution in [1.82, 2.24) is 4.90 Å². The summed E-state index contributed by atoms with van der Waals surface area (Å²) in [4.78, 5) is 19.1. The highest BCUT2D eigenvalue weighted by Crippen LogP contribution is 2.59. The SMILES string of the molecule is COc1ccc(CN2C(=O)N(Cc3ccc(OC)cc3)C(C3CC3)(C(CCC(C)(C)C)O[Si](C)C)c3cc(Cl)ccc32)cc1. The number of anilines is 1. The number of halogens is 1. The van der Waals surface area contributed by atoms with Crippen LogP contribution in [-0.2, 0) is 23.1 Å². The molecule has 1 fully saturated rings. The number of ether oxygens (including phenoxy) is 2. The van der Waals surface area contributed by atoms with Gasteiger partial charge in [0, 0.05) is 17.1 Å². The van der Waals surface area contributed by atoms with E-state index in [1.54, 1.807) is 14.2 Å². The standard InChI is InChI=1S/C36H46ClN2O4Si/c1-35(2,3)21-20-33(43-44(6)7)36(27-12-13-27)31-22-28(37)14-19-32(31)38(23-25-8-15-29(41-4)16-9-25)34(40)39(36)24-26-10-17-30(42-5)18-11-26/h8-11,14-19,22,27,33H,12-13,20-21,23-24H2,1-7H3. The second-order valence-electron chi connectivity index (χ2n) is 13.5. The number of hydrogen-bond acceptors (Lipinski definition) is 4. The molecule has 2 unspecified atom stereocenters. The first kappa shape index (κ1) is 32.4. The fraction of sp³-hybridized carbons (Fsp3) is 0.472. The van der Waals surface area contributed by atoms with Crippen molar-refractivity contribution in [3.05, 3.63) is 88.4 Å². The average Bonchev–Trinajstić information content (AvgIpc) is 3.84. The van der Waals surface area contributed by atoms with E-state index in [1.807, 2.05) is 53.4 Å². The Morgan fingerprint density at radius 2 is 1.48 bits per heavy atom. The van der Waals surface area contributed by atoms with Gasteiger partial charge in [-0.25, -0.2) is 4.79 Å². The predicted molar refractivity (Wildman–Crippen MR) is 180 cm³/mol. The van der Waals surface area contributed by atoms with Crippen LogP contribution in [0.5, 0.6) is 11.5 Å². The Kier molecular flexibility index (Phi) is 9.68. The third-order valence-corrected chi connectivity index (χ3v) is 9.80. The lowest BCUT2D eigenvalue weighted by Crippen LogP contribution is -2.65. The third-order valence-electron chi connectivity index (χ3n) is 8.81. The second kappa shape index (κ2) is 13.2. The van der Waals surface area contributed by atoms with Gasteiger partial charge in [-0.1, -0.05) is 56.6 Å². The molecule has 1 radical (unpaired) electrons. The van der Waals surface area contributed by atoms with Crippen LogP contribution in [0.3, 0.4) is 0 Å². The lowest BCUT2D eigenvalue weighted by atomic mass is 9.72. The van der Waals surface area contributed by atoms with E-state index in [0.717, 1.165) is 59.6 Å². The molecule has 2 atom stereocenters. The highest BCUT2D eigenvalue weighted by Gasteiger charge is 2.61. The average molecular weight is 634 g/mol. The molecule has 2 amide bonds. The number of rotatable bonds is 12. The minimum Gasteiger partial charge on any atom is -0.497 e. The molecule has 5 rings (SSSR count). The first-order valence-electron chi connectivity index (χ1n) is 15.6. The Hall–Kier alpha value is -3.00. The Bertz CT molecular complexity index is 1440. The maximum atomic E-state index is 15.1. The van der Waals surface area contributed by atoms with Gasteiger partial charge >= 0.3 is 6.03 Å². The van der Waals surface area contributed by atoms with E-state index in [1.165, 1.54) is 0 Å². The summed E-state index contributed by atoms with van der Waals surface area (Å²) in [5, 5.41) is 0.671. The van der Waals surface area contributed by atoms with E-state index >= 15 is 4.79 Å². The Labute approximate surface area is 270 Å². The minimum atomic E-state index is -1.11. The van der Waals surface area contributed by atoms with Crippen LogP contribution >= 0.6 is 11.6 Å². The Morgan fingerprint density at radius 1 is 0.909 bits per heavy atom. The summed E-state index contributed by atoms with van der Waals surface area (Å²) < 4.78 is 17.9. The van der Waals surface area contributed by atoms with Crippen LogP contribution in [0.15, 0.2) is 66.7 Å². The zero-order valence-electron chi connectivity index (χ0n) is 27.2. The monoisotopic (exact) mass is 633 g/mol. The van der Waals surface area contributed by atoms with Crippen molar-refractivity contribution in [2.24, 2.45) is 11.3 Å². The zero-order chi connectivity index (χ0) is 31.6. The molecule has 0 saturated heterocycles. The Balaban J connectivity index is 1.70. The number of carbonyl (C=O) groups excluding carboxylic acids is 1. The molecule has 0 spiro atoms. The largest absolute Gasteiger partial charge is 0.497 e. The van der Waals surface area contributed by atoms with Crippen molar-refractivity contribution >= 4 is 32.4 Å². The molecule has 1 heterocycles. The van der Waals surface area contributed by atoms with Crippen molar-refractivity contribution in [1.29, 1.82) is 0 Å². The van der Waals surface area contributed by atoms with Gasteiger partial charge in [-0.2, -0.15) is 0 Å². The molecule has 2 aliphatic rings.